The lowest BCUT2D eigenvalue weighted by Crippen LogP contribution is -1.86. The Balaban J connectivity index is 2.12. The minimum absolute atomic E-state index is 0.909. The van der Waals surface area contributed by atoms with Gasteiger partial charge in [0.15, 0.2) is 0 Å². The summed E-state index contributed by atoms with van der Waals surface area (Å²) in [5.41, 5.74) is 1.59. The van der Waals surface area contributed by atoms with Crippen molar-refractivity contribution in [2.24, 2.45) is 0 Å². The van der Waals surface area contributed by atoms with Crippen LogP contribution in [0.1, 0.15) is 37.2 Å². The molecule has 0 amide bonds. The van der Waals surface area contributed by atoms with Crippen LogP contribution in [0.25, 0.3) is 0 Å². The second-order valence-corrected chi connectivity index (χ2v) is 3.82. The van der Waals surface area contributed by atoms with Gasteiger partial charge < -0.3 is 0 Å². The molecule has 0 aliphatic heterocycles. The molecule has 0 N–H and O–H groups in total. The molecule has 1 saturated carbocycles. The molecule has 0 saturated heterocycles. The van der Waals surface area contributed by atoms with E-state index < -0.39 is 0 Å². The molecule has 10 heavy (non-hydrogen) atoms. The zero-order valence-corrected chi connectivity index (χ0v) is 6.86. The van der Waals surface area contributed by atoms with Crippen LogP contribution in [-0.4, -0.2) is 0 Å². The predicted molar refractivity (Wildman–Crippen MR) is 45.5 cm³/mol. The standard InChI is InChI=1S/C9H12S/c1-2-4-8(3-1)9-5-6-10-7-9/h5-8H,1-4H2. The van der Waals surface area contributed by atoms with Gasteiger partial charge in [-0.2, -0.15) is 11.3 Å². The van der Waals surface area contributed by atoms with Crippen LogP contribution < -0.4 is 0 Å². The molecule has 1 heterocycles. The molecule has 2 rings (SSSR count). The Bertz CT molecular complexity index is 183. The van der Waals surface area contributed by atoms with E-state index >= 15 is 0 Å². The molecule has 0 spiro atoms. The molecule has 1 heteroatoms. The topological polar surface area (TPSA) is 0 Å². The maximum absolute atomic E-state index is 2.30. The van der Waals surface area contributed by atoms with Gasteiger partial charge in [-0.25, -0.2) is 0 Å². The molecule has 1 aliphatic carbocycles. The van der Waals surface area contributed by atoms with Gasteiger partial charge in [-0.1, -0.05) is 12.8 Å². The highest BCUT2D eigenvalue weighted by Gasteiger charge is 2.16. The average molecular weight is 152 g/mol. The highest BCUT2D eigenvalue weighted by molar-refractivity contribution is 7.07. The molecular weight excluding hydrogens is 140 g/mol. The van der Waals surface area contributed by atoms with E-state index in [1.165, 1.54) is 25.7 Å². The summed E-state index contributed by atoms with van der Waals surface area (Å²) in [5.74, 6) is 0.909. The van der Waals surface area contributed by atoms with Gasteiger partial charge in [0.2, 0.25) is 0 Å². The molecule has 1 aliphatic rings. The highest BCUT2D eigenvalue weighted by Crippen LogP contribution is 2.34. The molecule has 1 aromatic heterocycles. The monoisotopic (exact) mass is 152 g/mol. The fourth-order valence-electron chi connectivity index (χ4n) is 1.77. The molecule has 0 bridgehead atoms. The van der Waals surface area contributed by atoms with Crippen molar-refractivity contribution in [2.75, 3.05) is 0 Å². The normalized spacial score (nSPS) is 20.0. The summed E-state index contributed by atoms with van der Waals surface area (Å²) in [6, 6.07) is 2.28. The molecule has 0 atom stereocenters. The predicted octanol–water partition coefficient (Wildman–Crippen LogP) is 3.41. The smallest absolute Gasteiger partial charge is 0.00584 e. The third-order valence-corrected chi connectivity index (χ3v) is 3.07. The van der Waals surface area contributed by atoms with Gasteiger partial charge in [-0.3, -0.25) is 0 Å². The van der Waals surface area contributed by atoms with Crippen LogP contribution in [0.15, 0.2) is 16.8 Å². The van der Waals surface area contributed by atoms with Crippen LogP contribution in [0.3, 0.4) is 0 Å². The summed E-state index contributed by atoms with van der Waals surface area (Å²) in [4.78, 5) is 0. The Morgan fingerprint density at radius 2 is 2.10 bits per heavy atom. The Morgan fingerprint density at radius 1 is 1.30 bits per heavy atom. The van der Waals surface area contributed by atoms with Crippen molar-refractivity contribution in [3.63, 3.8) is 0 Å². The molecule has 54 valence electrons. The van der Waals surface area contributed by atoms with E-state index in [9.17, 15) is 0 Å². The van der Waals surface area contributed by atoms with Crippen molar-refractivity contribution >= 4 is 11.3 Å². The van der Waals surface area contributed by atoms with Gasteiger partial charge >= 0.3 is 0 Å². The molecule has 1 aromatic rings. The van der Waals surface area contributed by atoms with E-state index in [4.69, 9.17) is 0 Å². The molecule has 1 fully saturated rings. The maximum atomic E-state index is 2.30. The SMILES string of the molecule is c1cc(C2CCCC2)cs1. The van der Waals surface area contributed by atoms with Crippen LogP contribution >= 0.6 is 11.3 Å². The number of rotatable bonds is 1. The highest BCUT2D eigenvalue weighted by atomic mass is 32.1. The first-order valence-corrected chi connectivity index (χ1v) is 4.93. The number of thiophene rings is 1. The summed E-state index contributed by atoms with van der Waals surface area (Å²) in [7, 11) is 0. The first kappa shape index (κ1) is 6.41. The van der Waals surface area contributed by atoms with Crippen molar-refractivity contribution in [3.05, 3.63) is 22.4 Å². The Morgan fingerprint density at radius 3 is 2.70 bits per heavy atom. The number of hydrogen-bond acceptors (Lipinski definition) is 1. The van der Waals surface area contributed by atoms with E-state index in [1.54, 1.807) is 5.56 Å². The van der Waals surface area contributed by atoms with Crippen LogP contribution in [0.5, 0.6) is 0 Å². The lowest BCUT2D eigenvalue weighted by Gasteiger charge is -2.03. The van der Waals surface area contributed by atoms with Crippen molar-refractivity contribution in [1.29, 1.82) is 0 Å². The Labute approximate surface area is 65.9 Å². The van der Waals surface area contributed by atoms with Crippen molar-refractivity contribution in [1.82, 2.24) is 0 Å². The van der Waals surface area contributed by atoms with Crippen molar-refractivity contribution in [3.8, 4) is 0 Å². The maximum Gasteiger partial charge on any atom is -0.00584 e. The van der Waals surface area contributed by atoms with Gasteiger partial charge in [0, 0.05) is 0 Å². The van der Waals surface area contributed by atoms with Crippen LogP contribution in [0.4, 0.5) is 0 Å². The summed E-state index contributed by atoms with van der Waals surface area (Å²) in [6.45, 7) is 0. The van der Waals surface area contributed by atoms with E-state index in [1.807, 2.05) is 11.3 Å². The third kappa shape index (κ3) is 1.10. The number of hydrogen-bond donors (Lipinski definition) is 0. The Hall–Kier alpha value is -0.300. The van der Waals surface area contributed by atoms with Gasteiger partial charge in [-0.15, -0.1) is 0 Å². The summed E-state index contributed by atoms with van der Waals surface area (Å²) >= 11 is 1.83. The molecule has 0 nitrogen and oxygen atoms in total. The van der Waals surface area contributed by atoms with Gasteiger partial charge in [0.05, 0.1) is 0 Å². The van der Waals surface area contributed by atoms with E-state index in [0.717, 1.165) is 5.92 Å². The molecule has 0 unspecified atom stereocenters. The molecule has 0 aromatic carbocycles. The zero-order valence-electron chi connectivity index (χ0n) is 6.05. The van der Waals surface area contributed by atoms with Gasteiger partial charge in [0.25, 0.3) is 0 Å². The lowest BCUT2D eigenvalue weighted by molar-refractivity contribution is 0.726. The zero-order chi connectivity index (χ0) is 6.81. The van der Waals surface area contributed by atoms with Crippen molar-refractivity contribution < 1.29 is 0 Å². The van der Waals surface area contributed by atoms with Gasteiger partial charge in [-0.05, 0) is 41.1 Å². The quantitative estimate of drug-likeness (QED) is 0.578. The van der Waals surface area contributed by atoms with E-state index in [0.29, 0.717) is 0 Å². The van der Waals surface area contributed by atoms with Gasteiger partial charge in [0.1, 0.15) is 0 Å². The average Bonchev–Trinajstić information content (AvgIpc) is 2.59. The summed E-state index contributed by atoms with van der Waals surface area (Å²) < 4.78 is 0. The summed E-state index contributed by atoms with van der Waals surface area (Å²) in [6.07, 6.45) is 5.74. The molecule has 0 radical (unpaired) electrons. The fourth-order valence-corrected chi connectivity index (χ4v) is 2.51. The first-order valence-electron chi connectivity index (χ1n) is 3.99. The fraction of sp³-hybridized carbons (Fsp3) is 0.556. The minimum Gasteiger partial charge on any atom is -0.152 e. The summed E-state index contributed by atoms with van der Waals surface area (Å²) in [5, 5.41) is 4.49. The third-order valence-electron chi connectivity index (χ3n) is 2.37. The first-order chi connectivity index (χ1) is 4.97. The van der Waals surface area contributed by atoms with E-state index in [-0.39, 0.29) is 0 Å². The lowest BCUT2D eigenvalue weighted by atomic mass is 10.0. The van der Waals surface area contributed by atoms with Crippen LogP contribution in [-0.2, 0) is 0 Å². The van der Waals surface area contributed by atoms with Crippen LogP contribution in [0, 0.1) is 0 Å². The van der Waals surface area contributed by atoms with Crippen molar-refractivity contribution in [2.45, 2.75) is 31.6 Å². The largest absolute Gasteiger partial charge is 0.152 e. The van der Waals surface area contributed by atoms with E-state index in [2.05, 4.69) is 16.8 Å². The Kier molecular flexibility index (Phi) is 1.76. The van der Waals surface area contributed by atoms with Crippen LogP contribution in [0.2, 0.25) is 0 Å². The second-order valence-electron chi connectivity index (χ2n) is 3.04. The second kappa shape index (κ2) is 2.75. The molecular formula is C9H12S. The minimum atomic E-state index is 0.909.